The van der Waals surface area contributed by atoms with E-state index in [1.54, 1.807) is 18.4 Å². The molecule has 4 aromatic rings. The van der Waals surface area contributed by atoms with E-state index in [-0.39, 0.29) is 24.6 Å². The van der Waals surface area contributed by atoms with Crippen molar-refractivity contribution in [1.29, 1.82) is 0 Å². The largest absolute Gasteiger partial charge is 0.463 e. The van der Waals surface area contributed by atoms with Crippen LogP contribution in [0.25, 0.3) is 17.0 Å². The lowest BCUT2D eigenvalue weighted by Gasteiger charge is -2.27. The third-order valence-electron chi connectivity index (χ3n) is 7.11. The molecule has 1 amide bonds. The highest BCUT2D eigenvalue weighted by Crippen LogP contribution is 2.33. The molecule has 11 heteroatoms. The monoisotopic (exact) mass is 576 g/mol. The van der Waals surface area contributed by atoms with E-state index < -0.39 is 12.0 Å². The van der Waals surface area contributed by atoms with Gasteiger partial charge in [0.1, 0.15) is 12.6 Å². The normalized spacial score (nSPS) is 17.7. The van der Waals surface area contributed by atoms with Gasteiger partial charge in [0.2, 0.25) is 5.91 Å². The Hall–Kier alpha value is -3.80. The maximum atomic E-state index is 13.9. The van der Waals surface area contributed by atoms with Crippen molar-refractivity contribution >= 4 is 51.5 Å². The van der Waals surface area contributed by atoms with Crippen molar-refractivity contribution in [2.75, 3.05) is 32.9 Å². The number of hydrogen-bond donors (Lipinski definition) is 0. The Labute approximate surface area is 237 Å². The molecule has 5 heterocycles. The smallest absolute Gasteiger partial charge is 0.338 e. The Morgan fingerprint density at radius 1 is 1.18 bits per heavy atom. The van der Waals surface area contributed by atoms with Crippen LogP contribution in [-0.4, -0.2) is 58.8 Å². The number of morpholine rings is 1. The number of allylic oxidation sites excluding steroid dienone is 1. The van der Waals surface area contributed by atoms with Gasteiger partial charge in [-0.2, -0.15) is 0 Å². The number of esters is 1. The Morgan fingerprint density at radius 2 is 1.98 bits per heavy atom. The SMILES string of the molecule is CCOC(=O)C1=C(C)N=c2s/c(=C/c3cn(CC(=O)N4CCOCC4)c4ccccc34)c(=O)n2[C@H]1c1cccs1. The molecular formula is C29H28N4O5S2. The second-order valence-electron chi connectivity index (χ2n) is 9.54. The average molecular weight is 577 g/mol. The number of fused-ring (bicyclic) bond motifs is 2. The molecule has 1 saturated heterocycles. The molecule has 6 rings (SSSR count). The van der Waals surface area contributed by atoms with Crippen LogP contribution < -0.4 is 14.9 Å². The Bertz CT molecular complexity index is 1810. The maximum absolute atomic E-state index is 13.9. The van der Waals surface area contributed by atoms with Crippen molar-refractivity contribution in [3.8, 4) is 0 Å². The molecule has 3 aromatic heterocycles. The van der Waals surface area contributed by atoms with Gasteiger partial charge in [0.25, 0.3) is 5.56 Å². The summed E-state index contributed by atoms with van der Waals surface area (Å²) in [4.78, 5) is 47.8. The van der Waals surface area contributed by atoms with Gasteiger partial charge in [0, 0.05) is 40.6 Å². The van der Waals surface area contributed by atoms with Gasteiger partial charge in [0.15, 0.2) is 4.80 Å². The van der Waals surface area contributed by atoms with Crippen LogP contribution in [0.2, 0.25) is 0 Å². The summed E-state index contributed by atoms with van der Waals surface area (Å²) in [6.45, 7) is 6.25. The van der Waals surface area contributed by atoms with Gasteiger partial charge in [-0.25, -0.2) is 9.79 Å². The Kier molecular flexibility index (Phi) is 7.26. The van der Waals surface area contributed by atoms with E-state index in [0.29, 0.717) is 46.9 Å². The fraction of sp³-hybridized carbons (Fsp3) is 0.310. The highest BCUT2D eigenvalue weighted by atomic mass is 32.1. The van der Waals surface area contributed by atoms with Crippen LogP contribution in [0.5, 0.6) is 0 Å². The summed E-state index contributed by atoms with van der Waals surface area (Å²) in [5.41, 5.74) is 2.45. The van der Waals surface area contributed by atoms with E-state index in [9.17, 15) is 14.4 Å². The van der Waals surface area contributed by atoms with E-state index in [1.807, 2.05) is 63.5 Å². The Morgan fingerprint density at radius 3 is 2.73 bits per heavy atom. The van der Waals surface area contributed by atoms with Crippen LogP contribution in [0, 0.1) is 0 Å². The number of carbonyl (C=O) groups excluding carboxylic acids is 2. The molecule has 9 nitrogen and oxygen atoms in total. The average Bonchev–Trinajstić information content (AvgIpc) is 3.68. The molecule has 2 aliphatic rings. The van der Waals surface area contributed by atoms with E-state index in [1.165, 1.54) is 22.7 Å². The molecule has 40 heavy (non-hydrogen) atoms. The van der Waals surface area contributed by atoms with E-state index in [2.05, 4.69) is 4.99 Å². The van der Waals surface area contributed by atoms with Gasteiger partial charge in [-0.15, -0.1) is 11.3 Å². The third-order valence-corrected chi connectivity index (χ3v) is 9.01. The zero-order chi connectivity index (χ0) is 27.8. The Balaban J connectivity index is 1.45. The number of ether oxygens (including phenoxy) is 2. The molecule has 1 atom stereocenters. The first-order valence-corrected chi connectivity index (χ1v) is 14.8. The molecule has 0 N–H and O–H groups in total. The number of thiazole rings is 1. The topological polar surface area (TPSA) is 95.1 Å². The molecule has 1 aromatic carbocycles. The zero-order valence-electron chi connectivity index (χ0n) is 22.2. The van der Waals surface area contributed by atoms with Crippen LogP contribution in [0.4, 0.5) is 0 Å². The molecule has 1 fully saturated rings. The van der Waals surface area contributed by atoms with Crippen molar-refractivity contribution in [3.05, 3.63) is 89.4 Å². The van der Waals surface area contributed by atoms with Crippen LogP contribution in [0.15, 0.2) is 69.0 Å². The number of carbonyl (C=O) groups is 2. The van der Waals surface area contributed by atoms with Crippen LogP contribution in [-0.2, 0) is 25.6 Å². The summed E-state index contributed by atoms with van der Waals surface area (Å²) in [5, 5.41) is 2.87. The lowest BCUT2D eigenvalue weighted by atomic mass is 10.0. The first-order chi connectivity index (χ1) is 19.5. The maximum Gasteiger partial charge on any atom is 0.338 e. The third kappa shape index (κ3) is 4.74. The van der Waals surface area contributed by atoms with E-state index in [0.717, 1.165) is 21.3 Å². The number of benzene rings is 1. The predicted octanol–water partition coefficient (Wildman–Crippen LogP) is 2.67. The van der Waals surface area contributed by atoms with Crippen LogP contribution in [0.3, 0.4) is 0 Å². The summed E-state index contributed by atoms with van der Waals surface area (Å²) < 4.78 is 14.8. The summed E-state index contributed by atoms with van der Waals surface area (Å²) in [7, 11) is 0. The molecule has 206 valence electrons. The minimum Gasteiger partial charge on any atom is -0.463 e. The van der Waals surface area contributed by atoms with Gasteiger partial charge in [-0.3, -0.25) is 14.2 Å². The number of hydrogen-bond acceptors (Lipinski definition) is 8. The predicted molar refractivity (Wildman–Crippen MR) is 154 cm³/mol. The molecule has 0 radical (unpaired) electrons. The molecule has 0 saturated carbocycles. The number of amides is 1. The summed E-state index contributed by atoms with van der Waals surface area (Å²) in [5.74, 6) is -0.433. The molecule has 0 aliphatic carbocycles. The number of rotatable bonds is 6. The molecule has 0 spiro atoms. The van der Waals surface area contributed by atoms with Crippen molar-refractivity contribution in [2.24, 2.45) is 4.99 Å². The summed E-state index contributed by atoms with van der Waals surface area (Å²) >= 11 is 2.77. The standard InChI is InChI=1S/C29H28N4O5S2/c1-3-38-28(36)25-18(2)30-29-33(26(25)22-9-6-14-39-22)27(35)23(40-29)15-19-16-32(21-8-5-4-7-20(19)21)17-24(34)31-10-12-37-13-11-31/h4-9,14-16,26H,3,10-13,17H2,1-2H3/b23-15+/t26-/m0/s1. The fourth-order valence-corrected chi connectivity index (χ4v) is 7.09. The van der Waals surface area contributed by atoms with Crippen molar-refractivity contribution < 1.29 is 19.1 Å². The van der Waals surface area contributed by atoms with Crippen LogP contribution >= 0.6 is 22.7 Å². The molecular weight excluding hydrogens is 548 g/mol. The van der Waals surface area contributed by atoms with Gasteiger partial charge in [-0.05, 0) is 37.4 Å². The number of para-hydroxylation sites is 1. The minimum absolute atomic E-state index is 0.0351. The van der Waals surface area contributed by atoms with Gasteiger partial charge in [0.05, 0.1) is 35.6 Å². The first-order valence-electron chi connectivity index (χ1n) is 13.1. The van der Waals surface area contributed by atoms with Gasteiger partial charge in [-0.1, -0.05) is 35.6 Å². The van der Waals surface area contributed by atoms with E-state index in [4.69, 9.17) is 9.47 Å². The lowest BCUT2D eigenvalue weighted by molar-refractivity contribution is -0.139. The lowest BCUT2D eigenvalue weighted by Crippen LogP contribution is -2.42. The number of thiophene rings is 1. The quantitative estimate of drug-likeness (QED) is 0.329. The number of nitrogens with zero attached hydrogens (tertiary/aromatic N) is 4. The zero-order valence-corrected chi connectivity index (χ0v) is 23.8. The van der Waals surface area contributed by atoms with Crippen molar-refractivity contribution in [1.82, 2.24) is 14.0 Å². The second kappa shape index (κ2) is 11.0. The van der Waals surface area contributed by atoms with Crippen LogP contribution in [0.1, 0.15) is 30.3 Å². The molecule has 0 unspecified atom stereocenters. The second-order valence-corrected chi connectivity index (χ2v) is 11.5. The van der Waals surface area contributed by atoms with Gasteiger partial charge < -0.3 is 18.9 Å². The number of aromatic nitrogens is 2. The van der Waals surface area contributed by atoms with E-state index >= 15 is 0 Å². The molecule has 0 bridgehead atoms. The van der Waals surface area contributed by atoms with Gasteiger partial charge >= 0.3 is 5.97 Å². The minimum atomic E-state index is -0.607. The highest BCUT2D eigenvalue weighted by molar-refractivity contribution is 7.10. The summed E-state index contributed by atoms with van der Waals surface area (Å²) in [6, 6.07) is 11.1. The summed E-state index contributed by atoms with van der Waals surface area (Å²) in [6.07, 6.45) is 3.78. The van der Waals surface area contributed by atoms with Crippen molar-refractivity contribution in [3.63, 3.8) is 0 Å². The molecule has 2 aliphatic heterocycles. The highest BCUT2D eigenvalue weighted by Gasteiger charge is 2.34. The fourth-order valence-electron chi connectivity index (χ4n) is 5.23. The first kappa shape index (κ1) is 26.4. The van der Waals surface area contributed by atoms with Crippen molar-refractivity contribution in [2.45, 2.75) is 26.4 Å².